The molecule has 1 fully saturated rings. The van der Waals surface area contributed by atoms with Crippen LogP contribution in [0.5, 0.6) is 0 Å². The highest BCUT2D eigenvalue weighted by atomic mass is 16.5. The number of rotatable bonds is 5. The third-order valence-electron chi connectivity index (χ3n) is 4.03. The normalized spacial score (nSPS) is 22.8. The van der Waals surface area contributed by atoms with Crippen LogP contribution in [0.3, 0.4) is 0 Å². The molecule has 1 saturated heterocycles. The maximum absolute atomic E-state index is 12.0. The van der Waals surface area contributed by atoms with E-state index in [9.17, 15) is 4.79 Å². The topological polar surface area (TPSA) is 67.6 Å². The van der Waals surface area contributed by atoms with Crippen LogP contribution in [0.15, 0.2) is 24.3 Å². The molecule has 5 nitrogen and oxygen atoms in total. The number of morpholine rings is 1. The van der Waals surface area contributed by atoms with Crippen molar-refractivity contribution in [3.05, 3.63) is 35.4 Å². The summed E-state index contributed by atoms with van der Waals surface area (Å²) in [6, 6.07) is 8.23. The highest BCUT2D eigenvalue weighted by molar-refractivity contribution is 5.85. The molecule has 0 aliphatic carbocycles. The Kier molecular flexibility index (Phi) is 5.79. The minimum absolute atomic E-state index is 0.138. The summed E-state index contributed by atoms with van der Waals surface area (Å²) in [6.07, 6.45) is 0.507. The van der Waals surface area contributed by atoms with Gasteiger partial charge in [0.25, 0.3) is 0 Å². The van der Waals surface area contributed by atoms with E-state index in [1.807, 2.05) is 12.1 Å². The number of hydrogen-bond acceptors (Lipinski definition) is 4. The Bertz CT molecular complexity index is 529. The number of benzene rings is 1. The van der Waals surface area contributed by atoms with Crippen LogP contribution in [0, 0.1) is 0 Å². The van der Waals surface area contributed by atoms with E-state index in [2.05, 4.69) is 36.2 Å². The summed E-state index contributed by atoms with van der Waals surface area (Å²) >= 11 is 0. The van der Waals surface area contributed by atoms with Gasteiger partial charge in [-0.25, -0.2) is 0 Å². The van der Waals surface area contributed by atoms with Gasteiger partial charge in [0.15, 0.2) is 0 Å². The van der Waals surface area contributed by atoms with Gasteiger partial charge in [0.2, 0.25) is 5.91 Å². The molecule has 128 valence electrons. The van der Waals surface area contributed by atoms with Crippen molar-refractivity contribution in [1.82, 2.24) is 10.2 Å². The van der Waals surface area contributed by atoms with Gasteiger partial charge in [-0.1, -0.05) is 24.3 Å². The van der Waals surface area contributed by atoms with E-state index in [1.165, 1.54) is 5.56 Å². The molecule has 1 aliphatic heterocycles. The summed E-state index contributed by atoms with van der Waals surface area (Å²) in [7, 11) is 0. The Morgan fingerprint density at radius 1 is 1.26 bits per heavy atom. The quantitative estimate of drug-likeness (QED) is 0.866. The van der Waals surface area contributed by atoms with Gasteiger partial charge in [0.1, 0.15) is 0 Å². The van der Waals surface area contributed by atoms with Crippen LogP contribution in [0.25, 0.3) is 0 Å². The smallest absolute Gasteiger partial charge is 0.239 e. The molecule has 0 spiro atoms. The number of nitrogens with one attached hydrogen (secondary N) is 1. The zero-order chi connectivity index (χ0) is 17.0. The molecule has 1 amide bonds. The van der Waals surface area contributed by atoms with Crippen molar-refractivity contribution >= 4 is 5.91 Å². The standard InChI is InChI=1S/C18H29N3O2/c1-13-10-21(11-14(2)23-13)12-16-8-6-5-7-15(16)9-20-17(22)18(3,4)19/h5-8,13-14H,9-12,19H2,1-4H3,(H,20,22)/t13-,14-/m0/s1. The summed E-state index contributed by atoms with van der Waals surface area (Å²) in [6.45, 7) is 10.9. The van der Waals surface area contributed by atoms with Gasteiger partial charge in [-0.2, -0.15) is 0 Å². The van der Waals surface area contributed by atoms with E-state index in [0.29, 0.717) is 6.54 Å². The van der Waals surface area contributed by atoms with Crippen LogP contribution in [-0.4, -0.2) is 41.6 Å². The molecule has 3 N–H and O–H groups in total. The predicted molar refractivity (Wildman–Crippen MR) is 91.8 cm³/mol. The van der Waals surface area contributed by atoms with Crippen LogP contribution in [0.4, 0.5) is 0 Å². The lowest BCUT2D eigenvalue weighted by Gasteiger charge is -2.35. The van der Waals surface area contributed by atoms with Gasteiger partial charge in [-0.15, -0.1) is 0 Å². The van der Waals surface area contributed by atoms with E-state index in [4.69, 9.17) is 10.5 Å². The number of amides is 1. The monoisotopic (exact) mass is 319 g/mol. The first-order chi connectivity index (χ1) is 10.8. The molecular formula is C18H29N3O2. The van der Waals surface area contributed by atoms with Gasteiger partial charge in [0, 0.05) is 26.2 Å². The number of nitrogens with zero attached hydrogens (tertiary/aromatic N) is 1. The average molecular weight is 319 g/mol. The van der Waals surface area contributed by atoms with Crippen LogP contribution in [-0.2, 0) is 22.6 Å². The van der Waals surface area contributed by atoms with Crippen LogP contribution in [0.1, 0.15) is 38.8 Å². The van der Waals surface area contributed by atoms with E-state index < -0.39 is 5.54 Å². The SMILES string of the molecule is C[C@H]1CN(Cc2ccccc2CNC(=O)C(C)(C)N)C[C@H](C)O1. The Labute approximate surface area is 139 Å². The maximum atomic E-state index is 12.0. The summed E-state index contributed by atoms with van der Waals surface area (Å²) in [4.78, 5) is 14.4. The Balaban J connectivity index is 2.01. The molecule has 2 rings (SSSR count). The molecule has 0 radical (unpaired) electrons. The van der Waals surface area contributed by atoms with Crippen molar-refractivity contribution < 1.29 is 9.53 Å². The highest BCUT2D eigenvalue weighted by Gasteiger charge is 2.24. The second-order valence-electron chi connectivity index (χ2n) is 7.12. The number of ether oxygens (including phenoxy) is 1. The van der Waals surface area contributed by atoms with Gasteiger partial charge >= 0.3 is 0 Å². The summed E-state index contributed by atoms with van der Waals surface area (Å²) in [5.41, 5.74) is 7.35. The van der Waals surface area contributed by atoms with Gasteiger partial charge in [-0.3, -0.25) is 9.69 Å². The number of hydrogen-bond donors (Lipinski definition) is 2. The number of nitrogens with two attached hydrogens (primary N) is 1. The van der Waals surface area contributed by atoms with Crippen molar-refractivity contribution in [2.45, 2.75) is 58.5 Å². The van der Waals surface area contributed by atoms with E-state index in [0.717, 1.165) is 25.2 Å². The van der Waals surface area contributed by atoms with E-state index >= 15 is 0 Å². The Morgan fingerprint density at radius 2 is 1.83 bits per heavy atom. The maximum Gasteiger partial charge on any atom is 0.239 e. The fourth-order valence-electron chi connectivity index (χ4n) is 2.94. The second kappa shape index (κ2) is 7.43. The Morgan fingerprint density at radius 3 is 2.39 bits per heavy atom. The van der Waals surface area contributed by atoms with Crippen molar-refractivity contribution in [3.8, 4) is 0 Å². The summed E-state index contributed by atoms with van der Waals surface area (Å²) in [5, 5.41) is 2.93. The first-order valence-corrected chi connectivity index (χ1v) is 8.27. The fourth-order valence-corrected chi connectivity index (χ4v) is 2.94. The van der Waals surface area contributed by atoms with Crippen LogP contribution < -0.4 is 11.1 Å². The van der Waals surface area contributed by atoms with Gasteiger partial charge in [0.05, 0.1) is 17.7 Å². The molecule has 1 aromatic rings. The Hall–Kier alpha value is -1.43. The molecule has 1 aliphatic rings. The van der Waals surface area contributed by atoms with Crippen molar-refractivity contribution in [1.29, 1.82) is 0 Å². The minimum atomic E-state index is -0.857. The molecule has 1 aromatic carbocycles. The van der Waals surface area contributed by atoms with Crippen LogP contribution >= 0.6 is 0 Å². The third-order valence-corrected chi connectivity index (χ3v) is 4.03. The predicted octanol–water partition coefficient (Wildman–Crippen LogP) is 1.65. The van der Waals surface area contributed by atoms with Crippen molar-refractivity contribution in [2.75, 3.05) is 13.1 Å². The molecule has 0 aromatic heterocycles. The molecule has 0 saturated carbocycles. The van der Waals surface area contributed by atoms with E-state index in [1.54, 1.807) is 13.8 Å². The lowest BCUT2D eigenvalue weighted by atomic mass is 10.0. The lowest BCUT2D eigenvalue weighted by molar-refractivity contribution is -0.125. The van der Waals surface area contributed by atoms with Gasteiger partial charge < -0.3 is 15.8 Å². The lowest BCUT2D eigenvalue weighted by Crippen LogP contribution is -2.49. The van der Waals surface area contributed by atoms with Crippen molar-refractivity contribution in [3.63, 3.8) is 0 Å². The van der Waals surface area contributed by atoms with E-state index in [-0.39, 0.29) is 18.1 Å². The molecule has 23 heavy (non-hydrogen) atoms. The molecule has 1 heterocycles. The van der Waals surface area contributed by atoms with Gasteiger partial charge in [-0.05, 0) is 38.8 Å². The number of carbonyl (C=O) groups excluding carboxylic acids is 1. The average Bonchev–Trinajstić information content (AvgIpc) is 2.44. The summed E-state index contributed by atoms with van der Waals surface area (Å²) < 4.78 is 5.79. The van der Waals surface area contributed by atoms with Crippen LogP contribution in [0.2, 0.25) is 0 Å². The largest absolute Gasteiger partial charge is 0.373 e. The molecular weight excluding hydrogens is 290 g/mol. The molecule has 0 unspecified atom stereocenters. The zero-order valence-electron chi connectivity index (χ0n) is 14.6. The minimum Gasteiger partial charge on any atom is -0.373 e. The zero-order valence-corrected chi connectivity index (χ0v) is 14.6. The first kappa shape index (κ1) is 17.9. The summed E-state index contributed by atoms with van der Waals surface area (Å²) in [5.74, 6) is -0.138. The number of carbonyl (C=O) groups is 1. The second-order valence-corrected chi connectivity index (χ2v) is 7.12. The molecule has 2 atom stereocenters. The fraction of sp³-hybridized carbons (Fsp3) is 0.611. The third kappa shape index (κ3) is 5.30. The molecule has 0 bridgehead atoms. The first-order valence-electron chi connectivity index (χ1n) is 8.27. The molecule has 5 heteroatoms. The van der Waals surface area contributed by atoms with Crippen molar-refractivity contribution in [2.24, 2.45) is 5.73 Å². The highest BCUT2D eigenvalue weighted by Crippen LogP contribution is 2.17.